The maximum absolute atomic E-state index is 10.7. The zero-order valence-corrected chi connectivity index (χ0v) is 28.7. The van der Waals surface area contributed by atoms with Gasteiger partial charge in [0.2, 0.25) is 0 Å². The van der Waals surface area contributed by atoms with Gasteiger partial charge in [-0.2, -0.15) is 0 Å². The lowest BCUT2D eigenvalue weighted by Gasteiger charge is -2.37. The normalized spacial score (nSPS) is 20.3. The van der Waals surface area contributed by atoms with Crippen LogP contribution in [0.1, 0.15) is 106 Å². The van der Waals surface area contributed by atoms with Crippen LogP contribution in [0.15, 0.2) is 12.1 Å². The summed E-state index contributed by atoms with van der Waals surface area (Å²) in [6.07, 6.45) is 5.65. The molecule has 1 radical (unpaired) electrons. The summed E-state index contributed by atoms with van der Waals surface area (Å²) in [6.45, 7) is 21.2. The van der Waals surface area contributed by atoms with Crippen molar-refractivity contribution in [2.24, 2.45) is 0 Å². The Hall–Kier alpha value is -0.970. The van der Waals surface area contributed by atoms with Crippen LogP contribution in [0.3, 0.4) is 0 Å². The summed E-state index contributed by atoms with van der Waals surface area (Å²) in [5.41, 5.74) is -0.177. The van der Waals surface area contributed by atoms with E-state index in [9.17, 15) is 5.11 Å². The van der Waals surface area contributed by atoms with E-state index in [0.717, 1.165) is 33.3 Å². The van der Waals surface area contributed by atoms with Gasteiger partial charge in [-0.1, -0.05) is 26.2 Å². The first-order valence-corrected chi connectivity index (χ1v) is 17.0. The molecular weight excluding hydrogens is 566 g/mol. The standard InChI is InChI=1S/C32H47B2O6S2/c1-11-12-13-14-15-20-21-19-24(34-39-30(6,7)31(8,9)40-34)42-26(21)27-22(25(20)32(10)36-16-17-37-32)18-23(41-27)33-38-29(4,5)28(2,3)35/h18-19,35H,11-17H2,1-10H3. The third kappa shape index (κ3) is 5.87. The Morgan fingerprint density at radius 2 is 1.52 bits per heavy atom. The Labute approximate surface area is 260 Å². The second kappa shape index (κ2) is 11.4. The summed E-state index contributed by atoms with van der Waals surface area (Å²) in [5.74, 6) is -0.829. The van der Waals surface area contributed by atoms with Crippen molar-refractivity contribution in [3.05, 3.63) is 23.3 Å². The molecule has 2 fully saturated rings. The lowest BCUT2D eigenvalue weighted by Crippen LogP contribution is -2.49. The predicted molar refractivity (Wildman–Crippen MR) is 177 cm³/mol. The molecule has 0 amide bonds. The minimum atomic E-state index is -1.01. The number of aliphatic hydroxyl groups is 1. The summed E-state index contributed by atoms with van der Waals surface area (Å²) in [5, 5.41) is 13.0. The topological polar surface area (TPSA) is 66.4 Å². The summed E-state index contributed by atoms with van der Waals surface area (Å²) in [7, 11) is 1.37. The van der Waals surface area contributed by atoms with Gasteiger partial charge < -0.3 is 28.5 Å². The minimum Gasteiger partial charge on any atom is -0.426 e. The highest BCUT2D eigenvalue weighted by molar-refractivity contribution is 7.34. The molecule has 10 heteroatoms. The van der Waals surface area contributed by atoms with Crippen molar-refractivity contribution < 1.29 is 28.5 Å². The Morgan fingerprint density at radius 3 is 2.12 bits per heavy atom. The molecule has 0 aliphatic carbocycles. The number of hydrogen-bond acceptors (Lipinski definition) is 8. The molecule has 0 spiro atoms. The van der Waals surface area contributed by atoms with Gasteiger partial charge in [-0.05, 0) is 98.2 Å². The number of hydrogen-bond donors (Lipinski definition) is 1. The summed E-state index contributed by atoms with van der Waals surface area (Å²) < 4.78 is 36.4. The lowest BCUT2D eigenvalue weighted by atomic mass is 9.84. The highest BCUT2D eigenvalue weighted by atomic mass is 32.1. The first-order chi connectivity index (χ1) is 19.5. The smallest absolute Gasteiger partial charge is 0.426 e. The van der Waals surface area contributed by atoms with E-state index in [4.69, 9.17) is 23.4 Å². The molecule has 42 heavy (non-hydrogen) atoms. The van der Waals surface area contributed by atoms with Crippen LogP contribution in [0.2, 0.25) is 0 Å². The van der Waals surface area contributed by atoms with Gasteiger partial charge in [0.05, 0.1) is 45.0 Å². The molecule has 1 N–H and O–H groups in total. The molecule has 0 unspecified atom stereocenters. The maximum Gasteiger partial charge on any atom is 0.505 e. The van der Waals surface area contributed by atoms with Crippen LogP contribution in [0.25, 0.3) is 20.2 Å². The Morgan fingerprint density at radius 1 is 0.905 bits per heavy atom. The van der Waals surface area contributed by atoms with Crippen LogP contribution in [-0.4, -0.2) is 55.3 Å². The van der Waals surface area contributed by atoms with Gasteiger partial charge in [0, 0.05) is 20.5 Å². The molecule has 1 aromatic carbocycles. The van der Waals surface area contributed by atoms with Gasteiger partial charge >= 0.3 is 14.6 Å². The summed E-state index contributed by atoms with van der Waals surface area (Å²) in [4.78, 5) is 0. The zero-order chi connectivity index (χ0) is 30.7. The van der Waals surface area contributed by atoms with Crippen LogP contribution in [-0.2, 0) is 35.6 Å². The second-order valence-corrected chi connectivity index (χ2v) is 16.2. The van der Waals surface area contributed by atoms with E-state index < -0.39 is 35.3 Å². The van der Waals surface area contributed by atoms with Gasteiger partial charge in [-0.15, -0.1) is 22.7 Å². The molecule has 229 valence electrons. The third-order valence-electron chi connectivity index (χ3n) is 9.61. The first kappa shape index (κ1) is 32.4. The highest BCUT2D eigenvalue weighted by Gasteiger charge is 2.52. The van der Waals surface area contributed by atoms with E-state index in [-0.39, 0.29) is 0 Å². The number of rotatable bonds is 11. The van der Waals surface area contributed by atoms with Gasteiger partial charge in [-0.3, -0.25) is 0 Å². The van der Waals surface area contributed by atoms with E-state index in [2.05, 4.69) is 53.7 Å². The molecule has 2 aromatic heterocycles. The molecular formula is C32H47B2O6S2. The average molecular weight is 613 g/mol. The lowest BCUT2D eigenvalue weighted by molar-refractivity contribution is -0.149. The number of benzene rings is 1. The van der Waals surface area contributed by atoms with Gasteiger partial charge in [0.1, 0.15) is 0 Å². The average Bonchev–Trinajstić information content (AvgIpc) is 3.64. The number of aryl methyl sites for hydroxylation is 1. The molecule has 3 aromatic rings. The maximum atomic E-state index is 10.7. The predicted octanol–water partition coefficient (Wildman–Crippen LogP) is 6.57. The van der Waals surface area contributed by atoms with Crippen molar-refractivity contribution in [2.45, 2.75) is 130 Å². The van der Waals surface area contributed by atoms with E-state index in [1.54, 1.807) is 44.0 Å². The van der Waals surface area contributed by atoms with Crippen LogP contribution in [0.4, 0.5) is 0 Å². The van der Waals surface area contributed by atoms with E-state index >= 15 is 0 Å². The molecule has 2 saturated heterocycles. The number of fused-ring (bicyclic) bond motifs is 3. The molecule has 5 rings (SSSR count). The number of thiophene rings is 2. The molecule has 2 aliphatic heterocycles. The van der Waals surface area contributed by atoms with Gasteiger partial charge in [-0.25, -0.2) is 0 Å². The minimum absolute atomic E-state index is 0.411. The quantitative estimate of drug-likeness (QED) is 0.195. The Bertz CT molecular complexity index is 1410. The van der Waals surface area contributed by atoms with Crippen molar-refractivity contribution in [2.75, 3.05) is 13.2 Å². The number of unbranched alkanes of at least 4 members (excludes halogenated alkanes) is 3. The first-order valence-electron chi connectivity index (χ1n) is 15.4. The summed E-state index contributed by atoms with van der Waals surface area (Å²) >= 11 is 3.46. The van der Waals surface area contributed by atoms with Crippen molar-refractivity contribution in [3.8, 4) is 0 Å². The van der Waals surface area contributed by atoms with Crippen molar-refractivity contribution >= 4 is 67.0 Å². The molecule has 0 bridgehead atoms. The fraction of sp³-hybridized carbons (Fsp3) is 0.688. The molecule has 0 saturated carbocycles. The van der Waals surface area contributed by atoms with Crippen LogP contribution < -0.4 is 9.55 Å². The van der Waals surface area contributed by atoms with Crippen LogP contribution >= 0.6 is 22.7 Å². The van der Waals surface area contributed by atoms with Gasteiger partial charge in [0.25, 0.3) is 0 Å². The Balaban J connectivity index is 1.68. The highest BCUT2D eigenvalue weighted by Crippen LogP contribution is 2.46. The Kier molecular flexibility index (Phi) is 8.83. The fourth-order valence-corrected chi connectivity index (χ4v) is 7.85. The van der Waals surface area contributed by atoms with Crippen molar-refractivity contribution in [1.29, 1.82) is 0 Å². The van der Waals surface area contributed by atoms with Crippen LogP contribution in [0.5, 0.6) is 0 Å². The van der Waals surface area contributed by atoms with E-state index in [0.29, 0.717) is 13.2 Å². The van der Waals surface area contributed by atoms with E-state index in [1.807, 2.05) is 13.8 Å². The molecule has 6 nitrogen and oxygen atoms in total. The zero-order valence-electron chi connectivity index (χ0n) is 27.1. The monoisotopic (exact) mass is 613 g/mol. The summed E-state index contributed by atoms with van der Waals surface area (Å²) in [6, 6.07) is 4.49. The SMILES string of the molecule is CCCCCCc1c(C2(C)OCCO2)c2cc([B]OC(C)(C)C(C)(C)O)sc2c2sc(B3OC(C)(C)C(C)(C)O3)cc12. The van der Waals surface area contributed by atoms with Crippen molar-refractivity contribution in [1.82, 2.24) is 0 Å². The molecule has 0 atom stereocenters. The molecule has 4 heterocycles. The fourth-order valence-electron chi connectivity index (χ4n) is 5.51. The van der Waals surface area contributed by atoms with E-state index in [1.165, 1.54) is 39.6 Å². The van der Waals surface area contributed by atoms with Crippen molar-refractivity contribution in [3.63, 3.8) is 0 Å². The third-order valence-corrected chi connectivity index (χ3v) is 12.0. The van der Waals surface area contributed by atoms with Crippen LogP contribution in [0, 0.1) is 0 Å². The largest absolute Gasteiger partial charge is 0.505 e. The number of ether oxygens (including phenoxy) is 2. The molecule has 2 aliphatic rings. The second-order valence-electron chi connectivity index (χ2n) is 14.0. The van der Waals surface area contributed by atoms with Gasteiger partial charge in [0.15, 0.2) is 5.79 Å².